The zero-order chi connectivity index (χ0) is 13.3. The molecule has 1 aliphatic rings. The monoisotopic (exact) mass is 322 g/mol. The van der Waals surface area contributed by atoms with Crippen LogP contribution in [0.25, 0.3) is 0 Å². The van der Waals surface area contributed by atoms with Crippen LogP contribution in [0.1, 0.15) is 23.7 Å². The van der Waals surface area contributed by atoms with Gasteiger partial charge in [0.05, 0.1) is 12.2 Å². The Kier molecular flexibility index (Phi) is 3.68. The van der Waals surface area contributed by atoms with E-state index in [0.717, 1.165) is 6.07 Å². The van der Waals surface area contributed by atoms with E-state index in [-0.39, 0.29) is 11.3 Å². The molecule has 2 rings (SSSR count). The van der Waals surface area contributed by atoms with Gasteiger partial charge < -0.3 is 9.84 Å². The third kappa shape index (κ3) is 2.70. The normalized spacial score (nSPS) is 17.3. The first kappa shape index (κ1) is 13.4. The molecule has 0 spiro atoms. The van der Waals surface area contributed by atoms with Crippen LogP contribution in [0.2, 0.25) is 0 Å². The van der Waals surface area contributed by atoms with E-state index in [1.54, 1.807) is 6.08 Å². The molecule has 0 saturated carbocycles. The van der Waals surface area contributed by atoms with Crippen molar-refractivity contribution in [3.05, 3.63) is 45.6 Å². The molecule has 0 amide bonds. The van der Waals surface area contributed by atoms with Crippen LogP contribution >= 0.6 is 15.9 Å². The molecule has 2 nitrogen and oxygen atoms in total. The second-order valence-corrected chi connectivity index (χ2v) is 4.79. The lowest BCUT2D eigenvalue weighted by atomic mass is 10.0. The summed E-state index contributed by atoms with van der Waals surface area (Å²) in [5, 5.41) is 9.95. The van der Waals surface area contributed by atoms with Crippen molar-refractivity contribution in [3.63, 3.8) is 0 Å². The van der Waals surface area contributed by atoms with Crippen LogP contribution in [-0.4, -0.2) is 11.7 Å². The minimum absolute atomic E-state index is 0.183. The summed E-state index contributed by atoms with van der Waals surface area (Å²) in [5.74, 6) is 0.183. The van der Waals surface area contributed by atoms with Gasteiger partial charge in [-0.3, -0.25) is 0 Å². The fraction of sp³-hybridized carbons (Fsp3) is 0.333. The fourth-order valence-corrected chi connectivity index (χ4v) is 2.15. The molecule has 0 aromatic heterocycles. The third-order valence-electron chi connectivity index (χ3n) is 2.62. The Hall–Kier alpha value is -1.01. The van der Waals surface area contributed by atoms with Crippen LogP contribution in [-0.2, 0) is 10.9 Å². The molecule has 0 fully saturated rings. The number of rotatable bonds is 2. The number of ether oxygens (including phenoxy) is 1. The van der Waals surface area contributed by atoms with E-state index in [0.29, 0.717) is 17.5 Å². The Morgan fingerprint density at radius 3 is 2.61 bits per heavy atom. The maximum absolute atomic E-state index is 12.9. The number of hydrogen-bond donors (Lipinski definition) is 1. The molecular weight excluding hydrogens is 313 g/mol. The Balaban J connectivity index is 2.43. The molecule has 1 aromatic carbocycles. The van der Waals surface area contributed by atoms with E-state index in [1.807, 2.05) is 0 Å². The molecule has 0 aliphatic carbocycles. The molecule has 1 aliphatic heterocycles. The molecule has 0 radical (unpaired) electrons. The minimum Gasteiger partial charge on any atom is -0.495 e. The summed E-state index contributed by atoms with van der Waals surface area (Å²) in [7, 11) is 0. The third-order valence-corrected chi connectivity index (χ3v) is 3.11. The first-order valence-corrected chi connectivity index (χ1v) is 6.06. The van der Waals surface area contributed by atoms with Crippen molar-refractivity contribution in [3.8, 4) is 0 Å². The SMILES string of the molecule is OC(C1=CCCO1)c1ccc(Br)cc1C(F)(F)F. The molecule has 1 heterocycles. The van der Waals surface area contributed by atoms with Gasteiger partial charge in [-0.2, -0.15) is 13.2 Å². The van der Waals surface area contributed by atoms with Gasteiger partial charge in [0.25, 0.3) is 0 Å². The molecule has 18 heavy (non-hydrogen) atoms. The maximum atomic E-state index is 12.9. The molecule has 0 bridgehead atoms. The van der Waals surface area contributed by atoms with Gasteiger partial charge in [-0.15, -0.1) is 0 Å². The van der Waals surface area contributed by atoms with Crippen molar-refractivity contribution in [2.45, 2.75) is 18.7 Å². The smallest absolute Gasteiger partial charge is 0.416 e. The van der Waals surface area contributed by atoms with Gasteiger partial charge in [-0.25, -0.2) is 0 Å². The molecule has 1 atom stereocenters. The fourth-order valence-electron chi connectivity index (χ4n) is 1.79. The van der Waals surface area contributed by atoms with E-state index in [1.165, 1.54) is 12.1 Å². The van der Waals surface area contributed by atoms with Gasteiger partial charge >= 0.3 is 6.18 Å². The van der Waals surface area contributed by atoms with Gasteiger partial charge in [-0.05, 0) is 18.2 Å². The zero-order valence-corrected chi connectivity index (χ0v) is 10.8. The summed E-state index contributed by atoms with van der Waals surface area (Å²) in [5.41, 5.74) is -1.06. The van der Waals surface area contributed by atoms with Gasteiger partial charge in [-0.1, -0.05) is 22.0 Å². The Bertz CT molecular complexity index is 483. The quantitative estimate of drug-likeness (QED) is 0.897. The maximum Gasteiger partial charge on any atom is 0.416 e. The second-order valence-electron chi connectivity index (χ2n) is 3.88. The lowest BCUT2D eigenvalue weighted by Crippen LogP contribution is -2.13. The molecule has 0 saturated heterocycles. The lowest BCUT2D eigenvalue weighted by Gasteiger charge is -2.18. The van der Waals surface area contributed by atoms with E-state index in [2.05, 4.69) is 15.9 Å². The van der Waals surface area contributed by atoms with Gasteiger partial charge in [0, 0.05) is 16.5 Å². The van der Waals surface area contributed by atoms with Crippen molar-refractivity contribution in [1.29, 1.82) is 0 Å². The largest absolute Gasteiger partial charge is 0.495 e. The molecule has 1 N–H and O–H groups in total. The number of halogens is 4. The standard InChI is InChI=1S/C12H10BrF3O2/c13-7-3-4-8(9(6-7)12(14,15)16)11(17)10-2-1-5-18-10/h2-4,6,11,17H,1,5H2. The van der Waals surface area contributed by atoms with Crippen LogP contribution in [0.4, 0.5) is 13.2 Å². The lowest BCUT2D eigenvalue weighted by molar-refractivity contribution is -0.139. The van der Waals surface area contributed by atoms with Crippen molar-refractivity contribution in [1.82, 2.24) is 0 Å². The molecular formula is C12H10BrF3O2. The summed E-state index contributed by atoms with van der Waals surface area (Å²) >= 11 is 2.99. The highest BCUT2D eigenvalue weighted by atomic mass is 79.9. The van der Waals surface area contributed by atoms with Crippen LogP contribution in [0.3, 0.4) is 0 Å². The van der Waals surface area contributed by atoms with Crippen molar-refractivity contribution < 1.29 is 23.0 Å². The predicted molar refractivity (Wildman–Crippen MR) is 62.8 cm³/mol. The highest BCUT2D eigenvalue weighted by Gasteiger charge is 2.36. The van der Waals surface area contributed by atoms with Gasteiger partial charge in [0.15, 0.2) is 0 Å². The summed E-state index contributed by atoms with van der Waals surface area (Å²) < 4.78 is 44.1. The highest BCUT2D eigenvalue weighted by molar-refractivity contribution is 9.10. The second kappa shape index (κ2) is 4.93. The summed E-state index contributed by atoms with van der Waals surface area (Å²) in [6.45, 7) is 0.393. The van der Waals surface area contributed by atoms with E-state index in [4.69, 9.17) is 4.74 Å². The van der Waals surface area contributed by atoms with Gasteiger partial charge in [0.1, 0.15) is 11.9 Å². The minimum atomic E-state index is -4.51. The Labute approximate surface area is 110 Å². The number of aliphatic hydroxyl groups excluding tert-OH is 1. The predicted octanol–water partition coefficient (Wildman–Crippen LogP) is 3.81. The molecule has 1 unspecified atom stereocenters. The van der Waals surface area contributed by atoms with Crippen LogP contribution in [0.15, 0.2) is 34.5 Å². The molecule has 1 aromatic rings. The summed E-state index contributed by atoms with van der Waals surface area (Å²) in [6, 6.07) is 3.66. The summed E-state index contributed by atoms with van der Waals surface area (Å²) in [4.78, 5) is 0. The van der Waals surface area contributed by atoms with Crippen molar-refractivity contribution in [2.75, 3.05) is 6.61 Å². The van der Waals surface area contributed by atoms with E-state index >= 15 is 0 Å². The number of hydrogen-bond acceptors (Lipinski definition) is 2. The van der Waals surface area contributed by atoms with Crippen LogP contribution in [0, 0.1) is 0 Å². The Morgan fingerprint density at radius 2 is 2.06 bits per heavy atom. The molecule has 6 heteroatoms. The average molecular weight is 323 g/mol. The first-order chi connectivity index (χ1) is 8.39. The average Bonchev–Trinajstić information content (AvgIpc) is 2.80. The zero-order valence-electron chi connectivity index (χ0n) is 9.17. The highest BCUT2D eigenvalue weighted by Crippen LogP contribution is 2.38. The summed E-state index contributed by atoms with van der Waals surface area (Å²) in [6.07, 6.45) is -3.69. The van der Waals surface area contributed by atoms with Crippen molar-refractivity contribution >= 4 is 15.9 Å². The van der Waals surface area contributed by atoms with Gasteiger partial charge in [0.2, 0.25) is 0 Å². The van der Waals surface area contributed by atoms with E-state index in [9.17, 15) is 18.3 Å². The first-order valence-electron chi connectivity index (χ1n) is 5.27. The van der Waals surface area contributed by atoms with Crippen LogP contribution < -0.4 is 0 Å². The number of aliphatic hydroxyl groups is 1. The van der Waals surface area contributed by atoms with E-state index < -0.39 is 17.8 Å². The Morgan fingerprint density at radius 1 is 1.33 bits per heavy atom. The van der Waals surface area contributed by atoms with Crippen molar-refractivity contribution in [2.24, 2.45) is 0 Å². The van der Waals surface area contributed by atoms with Crippen LogP contribution in [0.5, 0.6) is 0 Å². The molecule has 98 valence electrons. The topological polar surface area (TPSA) is 29.5 Å². The number of benzene rings is 1. The number of alkyl halides is 3.